The minimum absolute atomic E-state index is 0.385. The van der Waals surface area contributed by atoms with Gasteiger partial charge in [0.25, 0.3) is 0 Å². The largest absolute Gasteiger partial charge is 0.631 e. The summed E-state index contributed by atoms with van der Waals surface area (Å²) in [6.07, 6.45) is 0.385. The van der Waals surface area contributed by atoms with E-state index in [4.69, 9.17) is 25.9 Å². The van der Waals surface area contributed by atoms with Gasteiger partial charge in [-0.25, -0.2) is 0 Å². The lowest BCUT2D eigenvalue weighted by atomic mass is 10.1. The van der Waals surface area contributed by atoms with Gasteiger partial charge in [0, 0.05) is 0 Å². The number of nitrogens with two attached hydrogens (primary N) is 1. The summed E-state index contributed by atoms with van der Waals surface area (Å²) in [5.41, 5.74) is 6.30. The van der Waals surface area contributed by atoms with E-state index in [2.05, 4.69) is 0 Å². The van der Waals surface area contributed by atoms with Crippen molar-refractivity contribution in [2.45, 2.75) is 12.5 Å². The highest BCUT2D eigenvalue weighted by Gasteiger charge is 2.10. The summed E-state index contributed by atoms with van der Waals surface area (Å²) in [7, 11) is -2.17. The molecule has 16 heavy (non-hydrogen) atoms. The van der Waals surface area contributed by atoms with Gasteiger partial charge in [0.1, 0.15) is 6.04 Å². The Hall–Kier alpha value is -1.41. The van der Waals surface area contributed by atoms with Gasteiger partial charge < -0.3 is 25.9 Å². The van der Waals surface area contributed by atoms with Gasteiger partial charge in [0.2, 0.25) is 0 Å². The second-order valence-electron chi connectivity index (χ2n) is 2.98. The summed E-state index contributed by atoms with van der Waals surface area (Å²) in [5, 5.41) is 30.0. The van der Waals surface area contributed by atoms with Crippen LogP contribution in [0.3, 0.4) is 0 Å². The first-order valence-corrected chi connectivity index (χ1v) is 4.50. The summed E-state index contributed by atoms with van der Waals surface area (Å²) in [6, 6.07) is 8.54. The van der Waals surface area contributed by atoms with Crippen LogP contribution in [0.25, 0.3) is 0 Å². The highest BCUT2D eigenvalue weighted by molar-refractivity contribution is 6.30. The van der Waals surface area contributed by atoms with Crippen LogP contribution in [0.1, 0.15) is 5.56 Å². The van der Waals surface area contributed by atoms with Gasteiger partial charge in [-0.3, -0.25) is 4.79 Å². The Balaban J connectivity index is 0.000000487. The summed E-state index contributed by atoms with van der Waals surface area (Å²) < 4.78 is 0. The maximum absolute atomic E-state index is 10.4. The highest BCUT2D eigenvalue weighted by Crippen LogP contribution is 2.01. The van der Waals surface area contributed by atoms with Crippen LogP contribution in [0.5, 0.6) is 0 Å². The van der Waals surface area contributed by atoms with Gasteiger partial charge in [-0.1, -0.05) is 30.3 Å². The third kappa shape index (κ3) is 7.95. The summed E-state index contributed by atoms with van der Waals surface area (Å²) >= 11 is 0. The Labute approximate surface area is 93.1 Å². The molecule has 0 aliphatic carbocycles. The monoisotopic (exact) mass is 227 g/mol. The highest BCUT2D eigenvalue weighted by atomic mass is 16.5. The number of aliphatic carboxylic acids is 1. The third-order valence-electron chi connectivity index (χ3n) is 1.62. The molecule has 1 rings (SSSR count). The van der Waals surface area contributed by atoms with E-state index in [9.17, 15) is 4.79 Å². The smallest absolute Gasteiger partial charge is 0.480 e. The van der Waals surface area contributed by atoms with Crippen LogP contribution in [0.4, 0.5) is 0 Å². The first kappa shape index (κ1) is 14.6. The van der Waals surface area contributed by atoms with Gasteiger partial charge >= 0.3 is 13.3 Å². The van der Waals surface area contributed by atoms with Crippen molar-refractivity contribution in [1.82, 2.24) is 0 Å². The Bertz CT molecular complexity index is 303. The number of carbonyl (C=O) groups is 1. The SMILES string of the molecule is N[C@@H](Cc1ccccc1)C(=O)O.OB(O)O. The average molecular weight is 227 g/mol. The fraction of sp³-hybridized carbons (Fsp3) is 0.222. The summed E-state index contributed by atoms with van der Waals surface area (Å²) in [4.78, 5) is 10.4. The van der Waals surface area contributed by atoms with E-state index >= 15 is 0 Å². The molecule has 0 radical (unpaired) electrons. The van der Waals surface area contributed by atoms with Crippen LogP contribution in [0.15, 0.2) is 30.3 Å². The van der Waals surface area contributed by atoms with Crippen molar-refractivity contribution in [3.8, 4) is 0 Å². The van der Waals surface area contributed by atoms with Gasteiger partial charge in [0.15, 0.2) is 0 Å². The lowest BCUT2D eigenvalue weighted by molar-refractivity contribution is -0.138. The van der Waals surface area contributed by atoms with Crippen LogP contribution in [-0.2, 0) is 11.2 Å². The molecule has 0 aliphatic rings. The number of hydrogen-bond acceptors (Lipinski definition) is 5. The molecule has 0 aromatic heterocycles. The first-order chi connectivity index (χ1) is 7.43. The molecule has 6 nitrogen and oxygen atoms in total. The average Bonchev–Trinajstić information content (AvgIpc) is 2.18. The molecule has 88 valence electrons. The zero-order valence-electron chi connectivity index (χ0n) is 8.52. The van der Waals surface area contributed by atoms with Gasteiger partial charge in [-0.2, -0.15) is 0 Å². The van der Waals surface area contributed by atoms with E-state index in [1.54, 1.807) is 0 Å². The molecular weight excluding hydrogens is 213 g/mol. The molecule has 1 atom stereocenters. The maximum Gasteiger partial charge on any atom is 0.631 e. The lowest BCUT2D eigenvalue weighted by Crippen LogP contribution is -2.32. The van der Waals surface area contributed by atoms with Crippen LogP contribution < -0.4 is 5.73 Å². The zero-order chi connectivity index (χ0) is 12.6. The minimum atomic E-state index is -2.17. The molecule has 0 saturated carbocycles. The molecule has 0 fully saturated rings. The summed E-state index contributed by atoms with van der Waals surface area (Å²) in [6.45, 7) is 0. The number of rotatable bonds is 3. The molecule has 0 amide bonds. The fourth-order valence-corrected chi connectivity index (χ4v) is 0.955. The molecule has 0 unspecified atom stereocenters. The third-order valence-corrected chi connectivity index (χ3v) is 1.62. The van der Waals surface area contributed by atoms with E-state index in [0.717, 1.165) is 5.56 Å². The Morgan fingerprint density at radius 1 is 1.25 bits per heavy atom. The van der Waals surface area contributed by atoms with Crippen molar-refractivity contribution in [1.29, 1.82) is 0 Å². The van der Waals surface area contributed by atoms with Gasteiger partial charge in [-0.05, 0) is 12.0 Å². The normalized spacial score (nSPS) is 11.0. The predicted octanol–water partition coefficient (Wildman–Crippen LogP) is -1.41. The van der Waals surface area contributed by atoms with Crippen molar-refractivity contribution in [2.24, 2.45) is 5.73 Å². The Kier molecular flexibility index (Phi) is 7.14. The Morgan fingerprint density at radius 3 is 2.06 bits per heavy atom. The van der Waals surface area contributed by atoms with E-state index < -0.39 is 19.3 Å². The number of carboxylic acids is 1. The van der Waals surface area contributed by atoms with Gasteiger partial charge in [-0.15, -0.1) is 0 Å². The molecule has 0 spiro atoms. The predicted molar refractivity (Wildman–Crippen MR) is 58.2 cm³/mol. The lowest BCUT2D eigenvalue weighted by Gasteiger charge is -2.04. The van der Waals surface area contributed by atoms with Crippen LogP contribution in [0.2, 0.25) is 0 Å². The fourth-order valence-electron chi connectivity index (χ4n) is 0.955. The van der Waals surface area contributed by atoms with E-state index in [0.29, 0.717) is 6.42 Å². The molecular formula is C9H14BNO5. The van der Waals surface area contributed by atoms with Crippen molar-refractivity contribution in [2.75, 3.05) is 0 Å². The quantitative estimate of drug-likeness (QED) is 0.404. The van der Waals surface area contributed by atoms with E-state index in [1.165, 1.54) is 0 Å². The molecule has 0 heterocycles. The van der Waals surface area contributed by atoms with Crippen molar-refractivity contribution in [3.05, 3.63) is 35.9 Å². The Morgan fingerprint density at radius 2 is 1.69 bits per heavy atom. The molecule has 0 aliphatic heterocycles. The zero-order valence-corrected chi connectivity index (χ0v) is 8.52. The molecule has 6 N–H and O–H groups in total. The second kappa shape index (κ2) is 7.83. The maximum atomic E-state index is 10.4. The molecule has 1 aromatic carbocycles. The molecule has 0 bridgehead atoms. The van der Waals surface area contributed by atoms with E-state index in [-0.39, 0.29) is 0 Å². The molecule has 7 heteroatoms. The van der Waals surface area contributed by atoms with Gasteiger partial charge in [0.05, 0.1) is 0 Å². The number of benzene rings is 1. The van der Waals surface area contributed by atoms with Crippen molar-refractivity contribution >= 4 is 13.3 Å². The van der Waals surface area contributed by atoms with Crippen molar-refractivity contribution < 1.29 is 25.0 Å². The second-order valence-corrected chi connectivity index (χ2v) is 2.98. The molecule has 1 aromatic rings. The number of hydrogen-bond donors (Lipinski definition) is 5. The first-order valence-electron chi connectivity index (χ1n) is 4.50. The topological polar surface area (TPSA) is 124 Å². The standard InChI is InChI=1S/C9H11NO2.BH3O3/c10-8(9(11)12)6-7-4-2-1-3-5-7;2-1(3)4/h1-5,8H,6,10H2,(H,11,12);2-4H/t8-;/m0./s1. The van der Waals surface area contributed by atoms with Crippen LogP contribution in [0, 0.1) is 0 Å². The van der Waals surface area contributed by atoms with Crippen LogP contribution in [-0.4, -0.2) is 39.5 Å². The van der Waals surface area contributed by atoms with E-state index in [1.807, 2.05) is 30.3 Å². The molecule has 0 saturated heterocycles. The summed E-state index contributed by atoms with van der Waals surface area (Å²) in [5.74, 6) is -0.959. The van der Waals surface area contributed by atoms with Crippen molar-refractivity contribution in [3.63, 3.8) is 0 Å². The number of carboxylic acid groups (broad SMARTS) is 1. The van der Waals surface area contributed by atoms with Crippen LogP contribution >= 0.6 is 0 Å². The minimum Gasteiger partial charge on any atom is -0.480 e.